The van der Waals surface area contributed by atoms with Crippen molar-refractivity contribution in [3.63, 3.8) is 0 Å². The summed E-state index contributed by atoms with van der Waals surface area (Å²) in [5, 5.41) is 9.89. The van der Waals surface area contributed by atoms with Gasteiger partial charge in [0.2, 0.25) is 0 Å². The van der Waals surface area contributed by atoms with E-state index in [0.29, 0.717) is 16.1 Å². The smallest absolute Gasteiger partial charge is 0.416 e. The molecule has 1 aromatic heterocycles. The van der Waals surface area contributed by atoms with Gasteiger partial charge in [-0.2, -0.15) is 13.2 Å². The third-order valence-corrected chi connectivity index (χ3v) is 7.24. The van der Waals surface area contributed by atoms with Crippen LogP contribution in [0.1, 0.15) is 36.1 Å². The fraction of sp³-hybridized carbons (Fsp3) is 0.440. The number of piperazine rings is 1. The SMILES string of the molecule is Cc1cc(CC(=O)O)cc(CN2CCN(c3nc4ccc(C(F)(F)F)cc4s3)[C@H](C(C)C)C2)c1. The van der Waals surface area contributed by atoms with Crippen LogP contribution in [0.2, 0.25) is 0 Å². The Hall–Kier alpha value is -2.65. The van der Waals surface area contributed by atoms with Gasteiger partial charge in [-0.3, -0.25) is 9.69 Å². The van der Waals surface area contributed by atoms with Crippen LogP contribution in [-0.2, 0) is 23.9 Å². The molecule has 1 aliphatic heterocycles. The molecule has 1 saturated heterocycles. The number of aliphatic carboxylic acids is 1. The third kappa shape index (κ3) is 5.52. The number of halogens is 3. The van der Waals surface area contributed by atoms with Crippen LogP contribution in [-0.4, -0.2) is 46.6 Å². The van der Waals surface area contributed by atoms with E-state index in [4.69, 9.17) is 5.11 Å². The van der Waals surface area contributed by atoms with Crippen molar-refractivity contribution in [2.24, 2.45) is 5.92 Å². The summed E-state index contributed by atoms with van der Waals surface area (Å²) in [6, 6.07) is 9.85. The van der Waals surface area contributed by atoms with Crippen molar-refractivity contribution < 1.29 is 23.1 Å². The number of carboxylic acids is 1. The summed E-state index contributed by atoms with van der Waals surface area (Å²) < 4.78 is 39.9. The van der Waals surface area contributed by atoms with Crippen molar-refractivity contribution in [1.82, 2.24) is 9.88 Å². The molecule has 3 aromatic rings. The van der Waals surface area contributed by atoms with Crippen molar-refractivity contribution in [3.05, 3.63) is 58.7 Å². The summed E-state index contributed by atoms with van der Waals surface area (Å²) in [7, 11) is 0. The van der Waals surface area contributed by atoms with Crippen LogP contribution in [0.15, 0.2) is 36.4 Å². The molecule has 9 heteroatoms. The summed E-state index contributed by atoms with van der Waals surface area (Å²) in [5.41, 5.74) is 2.87. The van der Waals surface area contributed by atoms with Gasteiger partial charge in [0.25, 0.3) is 0 Å². The number of aromatic nitrogens is 1. The molecular formula is C25H28F3N3O2S. The van der Waals surface area contributed by atoms with Crippen LogP contribution in [0.5, 0.6) is 0 Å². The molecule has 34 heavy (non-hydrogen) atoms. The van der Waals surface area contributed by atoms with Gasteiger partial charge in [0, 0.05) is 32.2 Å². The Morgan fingerprint density at radius 3 is 2.59 bits per heavy atom. The number of carbonyl (C=O) groups is 1. The fourth-order valence-corrected chi connectivity index (χ4v) is 5.70. The van der Waals surface area contributed by atoms with Crippen LogP contribution in [0.25, 0.3) is 10.2 Å². The molecule has 1 aliphatic rings. The highest BCUT2D eigenvalue weighted by Crippen LogP contribution is 2.37. The molecule has 1 fully saturated rings. The van der Waals surface area contributed by atoms with E-state index in [2.05, 4.69) is 34.7 Å². The second-order valence-corrected chi connectivity index (χ2v) is 10.3. The second-order valence-electron chi connectivity index (χ2n) is 9.31. The Labute approximate surface area is 200 Å². The van der Waals surface area contributed by atoms with E-state index in [1.54, 1.807) is 0 Å². The van der Waals surface area contributed by atoms with Crippen molar-refractivity contribution in [3.8, 4) is 0 Å². The highest BCUT2D eigenvalue weighted by atomic mass is 32.1. The first kappa shape index (κ1) is 24.5. The Balaban J connectivity index is 1.53. The minimum atomic E-state index is -4.37. The molecule has 0 aliphatic carbocycles. The monoisotopic (exact) mass is 491 g/mol. The second kappa shape index (κ2) is 9.54. The minimum Gasteiger partial charge on any atom is -0.481 e. The number of aryl methyl sites for hydroxylation is 1. The number of thiazole rings is 1. The molecule has 5 nitrogen and oxygen atoms in total. The van der Waals surface area contributed by atoms with Crippen LogP contribution in [0, 0.1) is 12.8 Å². The zero-order valence-electron chi connectivity index (χ0n) is 19.4. The van der Waals surface area contributed by atoms with Gasteiger partial charge in [-0.1, -0.05) is 48.9 Å². The van der Waals surface area contributed by atoms with Crippen molar-refractivity contribution >= 4 is 32.7 Å². The zero-order valence-corrected chi connectivity index (χ0v) is 20.2. The Bertz CT molecular complexity index is 1190. The predicted molar refractivity (Wildman–Crippen MR) is 128 cm³/mol. The molecule has 1 atom stereocenters. The maximum absolute atomic E-state index is 13.1. The molecule has 1 N–H and O–H groups in total. The molecule has 0 spiro atoms. The number of nitrogens with zero attached hydrogens (tertiary/aromatic N) is 3. The molecular weight excluding hydrogens is 463 g/mol. The number of rotatable bonds is 6. The lowest BCUT2D eigenvalue weighted by atomic mass is 9.99. The summed E-state index contributed by atoms with van der Waals surface area (Å²) in [4.78, 5) is 20.4. The van der Waals surface area contributed by atoms with E-state index >= 15 is 0 Å². The van der Waals surface area contributed by atoms with Crippen LogP contribution < -0.4 is 4.90 Å². The molecule has 0 amide bonds. The lowest BCUT2D eigenvalue weighted by Crippen LogP contribution is -2.55. The number of hydrogen-bond acceptors (Lipinski definition) is 5. The quantitative estimate of drug-likeness (QED) is 0.487. The largest absolute Gasteiger partial charge is 0.481 e. The first-order valence-corrected chi connectivity index (χ1v) is 12.1. The van der Waals surface area contributed by atoms with Gasteiger partial charge in [0.15, 0.2) is 5.13 Å². The standard InChI is InChI=1S/C25H28F3N3O2S/c1-15(2)21-14-30(13-18-9-16(3)8-17(10-18)11-23(32)33)6-7-31(21)24-29-20-5-4-19(25(26,27)28)12-22(20)34-24/h4-5,8-10,12,15,21H,6-7,11,13-14H2,1-3H3,(H,32,33)/t21-/m0/s1. The lowest BCUT2D eigenvalue weighted by Gasteiger charge is -2.43. The Morgan fingerprint density at radius 1 is 1.18 bits per heavy atom. The maximum atomic E-state index is 13.1. The number of anilines is 1. The number of alkyl halides is 3. The topological polar surface area (TPSA) is 56.7 Å². The molecule has 182 valence electrons. The third-order valence-electron chi connectivity index (χ3n) is 6.18. The predicted octanol–water partition coefficient (Wildman–Crippen LogP) is 5.60. The van der Waals surface area contributed by atoms with Gasteiger partial charge in [0.05, 0.1) is 22.2 Å². The van der Waals surface area contributed by atoms with E-state index in [1.807, 2.05) is 19.1 Å². The van der Waals surface area contributed by atoms with Crippen molar-refractivity contribution in [2.75, 3.05) is 24.5 Å². The summed E-state index contributed by atoms with van der Waals surface area (Å²) in [6.07, 6.45) is -4.37. The van der Waals surface area contributed by atoms with Crippen molar-refractivity contribution in [1.29, 1.82) is 0 Å². The van der Waals surface area contributed by atoms with Gasteiger partial charge < -0.3 is 10.0 Å². The highest BCUT2D eigenvalue weighted by Gasteiger charge is 2.33. The molecule has 4 rings (SSSR count). The average molecular weight is 492 g/mol. The van der Waals surface area contributed by atoms with Gasteiger partial charge in [-0.15, -0.1) is 0 Å². The van der Waals surface area contributed by atoms with E-state index in [0.717, 1.165) is 54.1 Å². The van der Waals surface area contributed by atoms with Gasteiger partial charge in [-0.25, -0.2) is 4.98 Å². The molecule has 0 radical (unpaired) electrons. The molecule has 2 heterocycles. The summed E-state index contributed by atoms with van der Waals surface area (Å²) in [6.45, 7) is 9.30. The maximum Gasteiger partial charge on any atom is 0.416 e. The summed E-state index contributed by atoms with van der Waals surface area (Å²) >= 11 is 1.31. The van der Waals surface area contributed by atoms with Gasteiger partial charge in [0.1, 0.15) is 0 Å². The molecule has 0 saturated carbocycles. The zero-order chi connectivity index (χ0) is 24.6. The van der Waals surface area contributed by atoms with Crippen LogP contribution in [0.3, 0.4) is 0 Å². The number of carboxylic acid groups (broad SMARTS) is 1. The van der Waals surface area contributed by atoms with Crippen molar-refractivity contribution in [2.45, 2.75) is 46.0 Å². The van der Waals surface area contributed by atoms with Crippen LogP contribution in [0.4, 0.5) is 18.3 Å². The fourth-order valence-electron chi connectivity index (χ4n) is 4.61. The van der Waals surface area contributed by atoms with E-state index < -0.39 is 17.7 Å². The Morgan fingerprint density at radius 2 is 1.91 bits per heavy atom. The highest BCUT2D eigenvalue weighted by molar-refractivity contribution is 7.22. The van der Waals surface area contributed by atoms with E-state index in [9.17, 15) is 18.0 Å². The summed E-state index contributed by atoms with van der Waals surface area (Å²) in [5.74, 6) is -0.524. The molecule has 2 aromatic carbocycles. The van der Waals surface area contributed by atoms with Crippen LogP contribution >= 0.6 is 11.3 Å². The minimum absolute atomic E-state index is 0.00470. The number of fused-ring (bicyclic) bond motifs is 1. The van der Waals surface area contributed by atoms with E-state index in [-0.39, 0.29) is 12.5 Å². The molecule has 0 unspecified atom stereocenters. The lowest BCUT2D eigenvalue weighted by molar-refractivity contribution is -0.138. The number of hydrogen-bond donors (Lipinski definition) is 1. The van der Waals surface area contributed by atoms with Gasteiger partial charge in [-0.05, 0) is 42.2 Å². The first-order chi connectivity index (χ1) is 16.0. The average Bonchev–Trinajstić information content (AvgIpc) is 3.15. The Kier molecular flexibility index (Phi) is 6.87. The van der Waals surface area contributed by atoms with E-state index in [1.165, 1.54) is 23.5 Å². The normalized spacial score (nSPS) is 17.6. The van der Waals surface area contributed by atoms with Gasteiger partial charge >= 0.3 is 12.1 Å². The number of benzene rings is 2. The molecule has 0 bridgehead atoms. The first-order valence-electron chi connectivity index (χ1n) is 11.3.